The van der Waals surface area contributed by atoms with E-state index >= 15 is 0 Å². The highest BCUT2D eigenvalue weighted by Crippen LogP contribution is 2.32. The number of hydrogen-bond acceptors (Lipinski definition) is 5. The van der Waals surface area contributed by atoms with Crippen LogP contribution in [0.4, 0.5) is 10.5 Å². The molecule has 3 rings (SSSR count). The van der Waals surface area contributed by atoms with Crippen molar-refractivity contribution < 1.29 is 19.2 Å². The smallest absolute Gasteiger partial charge is 0.325 e. The van der Waals surface area contributed by atoms with Crippen molar-refractivity contribution in [1.82, 2.24) is 10.2 Å². The van der Waals surface area contributed by atoms with E-state index in [1.165, 1.54) is 25.3 Å². The highest BCUT2D eigenvalue weighted by atomic mass is 16.6. The van der Waals surface area contributed by atoms with Crippen molar-refractivity contribution in [2.24, 2.45) is 0 Å². The maximum atomic E-state index is 13.0. The van der Waals surface area contributed by atoms with Gasteiger partial charge in [0.25, 0.3) is 11.6 Å². The van der Waals surface area contributed by atoms with Gasteiger partial charge in [0.05, 0.1) is 18.6 Å². The number of nitro benzene ring substituents is 1. The summed E-state index contributed by atoms with van der Waals surface area (Å²) in [5.74, 6) is -0.0601. The van der Waals surface area contributed by atoms with Crippen LogP contribution >= 0.6 is 0 Å². The molecular formula is C19H19N3O5. The Hall–Kier alpha value is -3.42. The molecule has 0 bridgehead atoms. The standard InChI is InChI=1S/C19H19N3O5/c1-12-4-6-14(7-5-12)19(2)17(23)21(18(24)20-19)11-13-10-15(22(25)26)8-9-16(13)27-3/h4-10H,11H2,1-3H3,(H,20,24)/t19-/m0/s1. The van der Waals surface area contributed by atoms with Gasteiger partial charge in [0.15, 0.2) is 0 Å². The number of amides is 3. The summed E-state index contributed by atoms with van der Waals surface area (Å²) in [4.78, 5) is 37.0. The van der Waals surface area contributed by atoms with Crippen LogP contribution < -0.4 is 10.1 Å². The minimum atomic E-state index is -1.20. The zero-order valence-corrected chi connectivity index (χ0v) is 15.2. The van der Waals surface area contributed by atoms with Crippen LogP contribution in [0, 0.1) is 17.0 Å². The second-order valence-corrected chi connectivity index (χ2v) is 6.57. The number of rotatable bonds is 5. The number of nitrogens with zero attached hydrogens (tertiary/aromatic N) is 2. The van der Waals surface area contributed by atoms with Crippen molar-refractivity contribution in [2.45, 2.75) is 25.9 Å². The van der Waals surface area contributed by atoms with E-state index in [9.17, 15) is 19.7 Å². The summed E-state index contributed by atoms with van der Waals surface area (Å²) in [7, 11) is 1.42. The quantitative estimate of drug-likeness (QED) is 0.496. The number of carbonyl (C=O) groups excluding carboxylic acids is 2. The molecule has 1 atom stereocenters. The van der Waals surface area contributed by atoms with Crippen LogP contribution in [0.2, 0.25) is 0 Å². The zero-order chi connectivity index (χ0) is 19.8. The Morgan fingerprint density at radius 1 is 1.19 bits per heavy atom. The van der Waals surface area contributed by atoms with Crippen LogP contribution in [0.3, 0.4) is 0 Å². The van der Waals surface area contributed by atoms with Gasteiger partial charge in [0.2, 0.25) is 0 Å². The molecule has 1 N–H and O–H groups in total. The van der Waals surface area contributed by atoms with Gasteiger partial charge in [0.1, 0.15) is 11.3 Å². The first kappa shape index (κ1) is 18.4. The predicted molar refractivity (Wildman–Crippen MR) is 97.3 cm³/mol. The lowest BCUT2D eigenvalue weighted by Crippen LogP contribution is -2.40. The second-order valence-electron chi connectivity index (χ2n) is 6.57. The fraction of sp³-hybridized carbons (Fsp3) is 0.263. The Balaban J connectivity index is 1.93. The number of non-ortho nitro benzene ring substituents is 1. The molecule has 1 aliphatic rings. The molecule has 2 aromatic rings. The number of urea groups is 1. The van der Waals surface area contributed by atoms with E-state index < -0.39 is 22.4 Å². The molecule has 1 heterocycles. The Labute approximate surface area is 155 Å². The molecule has 0 unspecified atom stereocenters. The summed E-state index contributed by atoms with van der Waals surface area (Å²) >= 11 is 0. The lowest BCUT2D eigenvalue weighted by atomic mass is 9.91. The van der Waals surface area contributed by atoms with Crippen LogP contribution in [0.15, 0.2) is 42.5 Å². The Morgan fingerprint density at radius 3 is 2.44 bits per heavy atom. The van der Waals surface area contributed by atoms with Crippen molar-refractivity contribution >= 4 is 17.6 Å². The van der Waals surface area contributed by atoms with Crippen LogP contribution in [0.1, 0.15) is 23.6 Å². The number of benzene rings is 2. The number of imide groups is 1. The average Bonchev–Trinajstić information content (AvgIpc) is 2.86. The molecule has 1 aliphatic heterocycles. The molecule has 0 aromatic heterocycles. The summed E-state index contributed by atoms with van der Waals surface area (Å²) in [6.07, 6.45) is 0. The SMILES string of the molecule is COc1ccc([N+](=O)[O-])cc1CN1C(=O)N[C@@](C)(c2ccc(C)cc2)C1=O. The Bertz CT molecular complexity index is 925. The predicted octanol–water partition coefficient (Wildman–Crippen LogP) is 2.88. The summed E-state index contributed by atoms with van der Waals surface area (Å²) in [6, 6.07) is 10.8. The van der Waals surface area contributed by atoms with Gasteiger partial charge in [-0.25, -0.2) is 4.79 Å². The minimum Gasteiger partial charge on any atom is -0.496 e. The van der Waals surface area contributed by atoms with Crippen LogP contribution in [-0.4, -0.2) is 28.9 Å². The van der Waals surface area contributed by atoms with Gasteiger partial charge in [-0.15, -0.1) is 0 Å². The maximum absolute atomic E-state index is 13.0. The molecule has 0 spiro atoms. The number of nitrogens with one attached hydrogen (secondary N) is 1. The van der Waals surface area contributed by atoms with Gasteiger partial charge < -0.3 is 10.1 Å². The lowest BCUT2D eigenvalue weighted by molar-refractivity contribution is -0.384. The van der Waals surface area contributed by atoms with Crippen molar-refractivity contribution in [2.75, 3.05) is 7.11 Å². The Kier molecular flexibility index (Phi) is 4.57. The summed E-state index contributed by atoms with van der Waals surface area (Å²) in [5.41, 5.74) is 0.749. The molecule has 1 fully saturated rings. The normalized spacial score (nSPS) is 19.1. The fourth-order valence-corrected chi connectivity index (χ4v) is 3.10. The van der Waals surface area contributed by atoms with E-state index in [1.807, 2.05) is 19.1 Å². The van der Waals surface area contributed by atoms with Crippen molar-refractivity contribution in [1.29, 1.82) is 0 Å². The van der Waals surface area contributed by atoms with Crippen LogP contribution in [0.5, 0.6) is 5.75 Å². The molecule has 0 radical (unpaired) electrons. The molecule has 2 aromatic carbocycles. The first-order chi connectivity index (χ1) is 12.8. The fourth-order valence-electron chi connectivity index (χ4n) is 3.10. The van der Waals surface area contributed by atoms with Crippen LogP contribution in [0.25, 0.3) is 0 Å². The molecule has 8 heteroatoms. The van der Waals surface area contributed by atoms with Gasteiger partial charge >= 0.3 is 6.03 Å². The number of methoxy groups -OCH3 is 1. The maximum Gasteiger partial charge on any atom is 0.325 e. The largest absolute Gasteiger partial charge is 0.496 e. The van der Waals surface area contributed by atoms with E-state index in [2.05, 4.69) is 5.32 Å². The number of nitro groups is 1. The van der Waals surface area contributed by atoms with Gasteiger partial charge in [-0.05, 0) is 25.5 Å². The van der Waals surface area contributed by atoms with Crippen LogP contribution in [-0.2, 0) is 16.9 Å². The van der Waals surface area contributed by atoms with Gasteiger partial charge in [-0.1, -0.05) is 29.8 Å². The topological polar surface area (TPSA) is 102 Å². The van der Waals surface area contributed by atoms with Gasteiger partial charge in [0, 0.05) is 17.7 Å². The third kappa shape index (κ3) is 3.21. The summed E-state index contributed by atoms with van der Waals surface area (Å²) in [6.45, 7) is 3.45. The first-order valence-corrected chi connectivity index (χ1v) is 8.29. The summed E-state index contributed by atoms with van der Waals surface area (Å²) < 4.78 is 5.22. The molecular weight excluding hydrogens is 350 g/mol. The average molecular weight is 369 g/mol. The molecule has 27 heavy (non-hydrogen) atoms. The molecule has 3 amide bonds. The third-order valence-electron chi connectivity index (χ3n) is 4.71. The van der Waals surface area contributed by atoms with E-state index in [0.717, 1.165) is 10.5 Å². The highest BCUT2D eigenvalue weighted by Gasteiger charge is 2.49. The van der Waals surface area contributed by atoms with E-state index in [4.69, 9.17) is 4.74 Å². The number of aryl methyl sites for hydroxylation is 1. The van der Waals surface area contributed by atoms with E-state index in [-0.39, 0.29) is 12.2 Å². The first-order valence-electron chi connectivity index (χ1n) is 8.29. The minimum absolute atomic E-state index is 0.128. The second kappa shape index (κ2) is 6.71. The number of hydrogen-bond donors (Lipinski definition) is 1. The molecule has 0 saturated carbocycles. The zero-order valence-electron chi connectivity index (χ0n) is 15.2. The van der Waals surface area contributed by atoms with Crippen molar-refractivity contribution in [3.8, 4) is 5.75 Å². The molecule has 0 aliphatic carbocycles. The molecule has 1 saturated heterocycles. The lowest BCUT2D eigenvalue weighted by Gasteiger charge is -2.22. The molecule has 140 valence electrons. The third-order valence-corrected chi connectivity index (χ3v) is 4.71. The van der Waals surface area contributed by atoms with Gasteiger partial charge in [-0.2, -0.15) is 0 Å². The van der Waals surface area contributed by atoms with Crippen molar-refractivity contribution in [3.05, 3.63) is 69.3 Å². The van der Waals surface area contributed by atoms with E-state index in [0.29, 0.717) is 16.9 Å². The van der Waals surface area contributed by atoms with Crippen molar-refractivity contribution in [3.63, 3.8) is 0 Å². The Morgan fingerprint density at radius 2 is 1.85 bits per heavy atom. The molecule has 8 nitrogen and oxygen atoms in total. The monoisotopic (exact) mass is 369 g/mol. The highest BCUT2D eigenvalue weighted by molar-refractivity contribution is 6.07. The van der Waals surface area contributed by atoms with E-state index in [1.54, 1.807) is 19.1 Å². The number of carbonyl (C=O) groups is 2. The van der Waals surface area contributed by atoms with Gasteiger partial charge in [-0.3, -0.25) is 19.8 Å². The number of ether oxygens (including phenoxy) is 1. The summed E-state index contributed by atoms with van der Waals surface area (Å²) in [5, 5.41) is 13.8.